The first-order chi connectivity index (χ1) is 13.6. The van der Waals surface area contributed by atoms with Gasteiger partial charge in [-0.2, -0.15) is 0 Å². The summed E-state index contributed by atoms with van der Waals surface area (Å²) in [6.07, 6.45) is 0. The Hall–Kier alpha value is -3.93. The second-order valence-electron chi connectivity index (χ2n) is 6.56. The van der Waals surface area contributed by atoms with Crippen molar-refractivity contribution in [2.45, 2.75) is 0 Å². The van der Waals surface area contributed by atoms with Crippen LogP contribution in [-0.2, 0) is 7.05 Å². The Bertz CT molecular complexity index is 1410. The Balaban J connectivity index is 1.56. The molecule has 0 saturated heterocycles. The average Bonchev–Trinajstić information content (AvgIpc) is 3.27. The van der Waals surface area contributed by atoms with Crippen molar-refractivity contribution in [3.05, 3.63) is 72.5 Å². The Morgan fingerprint density at radius 3 is 2.57 bits per heavy atom. The highest BCUT2D eigenvalue weighted by atomic mass is 16.3. The SMILES string of the molecule is Cn1c(O)c(N=NC(=O)c2cc3c(ccc4ccccc43)o2)c2ccccc21. The maximum absolute atomic E-state index is 12.5. The number of para-hydroxylation sites is 1. The fourth-order valence-corrected chi connectivity index (χ4v) is 3.50. The summed E-state index contributed by atoms with van der Waals surface area (Å²) < 4.78 is 7.28. The number of aromatic hydroxyl groups is 1. The molecule has 0 saturated carbocycles. The van der Waals surface area contributed by atoms with E-state index in [9.17, 15) is 9.90 Å². The van der Waals surface area contributed by atoms with Crippen LogP contribution in [0.25, 0.3) is 32.6 Å². The molecule has 6 nitrogen and oxygen atoms in total. The summed E-state index contributed by atoms with van der Waals surface area (Å²) in [4.78, 5) is 12.5. The number of rotatable bonds is 2. The average molecular weight is 369 g/mol. The minimum atomic E-state index is -0.604. The molecule has 5 rings (SSSR count). The van der Waals surface area contributed by atoms with Gasteiger partial charge in [0.15, 0.2) is 11.4 Å². The van der Waals surface area contributed by atoms with Gasteiger partial charge in [-0.05, 0) is 29.0 Å². The molecule has 5 aromatic rings. The zero-order chi connectivity index (χ0) is 19.3. The maximum atomic E-state index is 12.5. The number of hydrogen-bond donors (Lipinski definition) is 1. The highest BCUT2D eigenvalue weighted by Gasteiger charge is 2.16. The molecule has 136 valence electrons. The van der Waals surface area contributed by atoms with Gasteiger partial charge in [0.05, 0.1) is 5.52 Å². The van der Waals surface area contributed by atoms with Gasteiger partial charge >= 0.3 is 5.91 Å². The number of nitrogens with zero attached hydrogens (tertiary/aromatic N) is 3. The predicted octanol–water partition coefficient (Wildman–Crippen LogP) is 5.71. The van der Waals surface area contributed by atoms with Crippen LogP contribution >= 0.6 is 0 Å². The van der Waals surface area contributed by atoms with Gasteiger partial charge in [0.25, 0.3) is 0 Å². The molecule has 0 aliphatic rings. The van der Waals surface area contributed by atoms with E-state index in [1.807, 2.05) is 60.7 Å². The van der Waals surface area contributed by atoms with Crippen LogP contribution < -0.4 is 0 Å². The Kier molecular flexibility index (Phi) is 3.52. The molecule has 2 heterocycles. The quantitative estimate of drug-likeness (QED) is 0.405. The topological polar surface area (TPSA) is 80.1 Å². The molecule has 1 N–H and O–H groups in total. The van der Waals surface area contributed by atoms with Crippen LogP contribution in [0.1, 0.15) is 10.6 Å². The van der Waals surface area contributed by atoms with Crippen LogP contribution in [-0.4, -0.2) is 15.6 Å². The molecule has 0 atom stereocenters. The molecule has 3 aromatic carbocycles. The molecule has 0 radical (unpaired) electrons. The van der Waals surface area contributed by atoms with E-state index >= 15 is 0 Å². The third kappa shape index (κ3) is 2.39. The molecule has 0 aliphatic carbocycles. The van der Waals surface area contributed by atoms with Gasteiger partial charge in [-0.25, -0.2) is 0 Å². The molecule has 0 unspecified atom stereocenters. The Morgan fingerprint density at radius 1 is 0.964 bits per heavy atom. The predicted molar refractivity (Wildman–Crippen MR) is 107 cm³/mol. The molecule has 0 aliphatic heterocycles. The minimum Gasteiger partial charge on any atom is -0.493 e. The van der Waals surface area contributed by atoms with Crippen molar-refractivity contribution >= 4 is 44.2 Å². The van der Waals surface area contributed by atoms with Gasteiger partial charge in [-0.1, -0.05) is 48.5 Å². The number of aromatic nitrogens is 1. The van der Waals surface area contributed by atoms with Crippen molar-refractivity contribution < 1.29 is 14.3 Å². The number of carbonyl (C=O) groups excluding carboxylic acids is 1. The maximum Gasteiger partial charge on any atom is 0.331 e. The fraction of sp³-hybridized carbons (Fsp3) is 0.0455. The number of furan rings is 1. The van der Waals surface area contributed by atoms with E-state index in [-0.39, 0.29) is 17.3 Å². The molecular weight excluding hydrogens is 354 g/mol. The third-order valence-electron chi connectivity index (χ3n) is 4.93. The second kappa shape index (κ2) is 6.06. The summed E-state index contributed by atoms with van der Waals surface area (Å²) in [6.45, 7) is 0. The van der Waals surface area contributed by atoms with Crippen molar-refractivity contribution in [1.82, 2.24) is 4.57 Å². The minimum absolute atomic E-state index is 0.0478. The monoisotopic (exact) mass is 369 g/mol. The van der Waals surface area contributed by atoms with Gasteiger partial charge in [0, 0.05) is 17.8 Å². The molecule has 0 fully saturated rings. The van der Waals surface area contributed by atoms with Crippen LogP contribution in [0.3, 0.4) is 0 Å². The molecule has 28 heavy (non-hydrogen) atoms. The van der Waals surface area contributed by atoms with Crippen LogP contribution in [0.4, 0.5) is 5.69 Å². The third-order valence-corrected chi connectivity index (χ3v) is 4.93. The Morgan fingerprint density at radius 2 is 1.71 bits per heavy atom. The Labute approximate surface area is 159 Å². The first-order valence-corrected chi connectivity index (χ1v) is 8.77. The molecule has 6 heteroatoms. The lowest BCUT2D eigenvalue weighted by molar-refractivity contribution is 0.0970. The smallest absolute Gasteiger partial charge is 0.331 e. The number of azo groups is 1. The molecule has 0 bridgehead atoms. The van der Waals surface area contributed by atoms with Gasteiger partial charge in [-0.15, -0.1) is 10.2 Å². The van der Waals surface area contributed by atoms with E-state index in [1.165, 1.54) is 0 Å². The molecular formula is C22H15N3O3. The second-order valence-corrected chi connectivity index (χ2v) is 6.56. The van der Waals surface area contributed by atoms with E-state index in [0.29, 0.717) is 5.58 Å². The summed E-state index contributed by atoms with van der Waals surface area (Å²) in [5.74, 6) is -0.546. The summed E-state index contributed by atoms with van der Waals surface area (Å²) in [7, 11) is 1.73. The van der Waals surface area contributed by atoms with Crippen LogP contribution in [0.2, 0.25) is 0 Å². The number of aryl methyl sites for hydroxylation is 1. The van der Waals surface area contributed by atoms with Gasteiger partial charge in [0.1, 0.15) is 5.58 Å². The lowest BCUT2D eigenvalue weighted by Crippen LogP contribution is -1.89. The van der Waals surface area contributed by atoms with E-state index < -0.39 is 5.91 Å². The normalized spacial score (nSPS) is 11.9. The highest BCUT2D eigenvalue weighted by Crippen LogP contribution is 2.38. The lowest BCUT2D eigenvalue weighted by atomic mass is 10.1. The summed E-state index contributed by atoms with van der Waals surface area (Å²) in [5, 5.41) is 21.7. The van der Waals surface area contributed by atoms with Crippen molar-refractivity contribution in [3.8, 4) is 5.88 Å². The van der Waals surface area contributed by atoms with E-state index in [1.54, 1.807) is 17.7 Å². The number of fused-ring (bicyclic) bond motifs is 4. The zero-order valence-corrected chi connectivity index (χ0v) is 15.0. The summed E-state index contributed by atoms with van der Waals surface area (Å²) in [5.41, 5.74) is 1.68. The number of amides is 1. The van der Waals surface area contributed by atoms with Crippen molar-refractivity contribution in [2.75, 3.05) is 0 Å². The highest BCUT2D eigenvalue weighted by molar-refractivity contribution is 6.08. The molecule has 2 aromatic heterocycles. The van der Waals surface area contributed by atoms with E-state index in [0.717, 1.165) is 27.1 Å². The van der Waals surface area contributed by atoms with Crippen LogP contribution in [0.5, 0.6) is 5.88 Å². The van der Waals surface area contributed by atoms with Gasteiger partial charge < -0.3 is 14.1 Å². The fourth-order valence-electron chi connectivity index (χ4n) is 3.50. The standard InChI is InChI=1S/C22H15N3O3/c1-25-17-9-5-4-8-15(17)20(22(25)27)23-24-21(26)19-12-16-14-7-3-2-6-13(14)10-11-18(16)28-19/h2-12,27H,1H3. The van der Waals surface area contributed by atoms with Crippen molar-refractivity contribution in [2.24, 2.45) is 17.3 Å². The summed E-state index contributed by atoms with van der Waals surface area (Å²) >= 11 is 0. The van der Waals surface area contributed by atoms with Gasteiger partial charge in [0.2, 0.25) is 5.88 Å². The molecule has 1 amide bonds. The van der Waals surface area contributed by atoms with Crippen LogP contribution in [0.15, 0.2) is 81.4 Å². The lowest BCUT2D eigenvalue weighted by Gasteiger charge is -1.96. The van der Waals surface area contributed by atoms with Gasteiger partial charge in [-0.3, -0.25) is 4.79 Å². The van der Waals surface area contributed by atoms with Crippen molar-refractivity contribution in [1.29, 1.82) is 0 Å². The number of benzene rings is 3. The first kappa shape index (κ1) is 16.3. The zero-order valence-electron chi connectivity index (χ0n) is 15.0. The van der Waals surface area contributed by atoms with E-state index in [2.05, 4.69) is 10.2 Å². The number of hydrogen-bond acceptors (Lipinski definition) is 4. The number of carbonyl (C=O) groups is 1. The molecule has 0 spiro atoms. The first-order valence-electron chi connectivity index (χ1n) is 8.77. The van der Waals surface area contributed by atoms with Crippen molar-refractivity contribution in [3.63, 3.8) is 0 Å². The van der Waals surface area contributed by atoms with Crippen LogP contribution in [0, 0.1) is 0 Å². The summed E-state index contributed by atoms with van der Waals surface area (Å²) in [6, 6.07) is 20.8. The van der Waals surface area contributed by atoms with E-state index in [4.69, 9.17) is 4.42 Å². The largest absolute Gasteiger partial charge is 0.493 e.